The molecule has 11 nitrogen and oxygen atoms in total. The average Bonchev–Trinajstić information content (AvgIpc) is 3.20. The third-order valence-electron chi connectivity index (χ3n) is 11.5. The normalized spacial score (nSPS) is 21.1. The Kier molecular flexibility index (Phi) is 11.9. The van der Waals surface area contributed by atoms with E-state index in [2.05, 4.69) is 15.2 Å². The molecule has 1 amide bonds. The number of amides is 1. The number of aliphatic hydroxyl groups is 1. The maximum Gasteiger partial charge on any atom is 0.317 e. The van der Waals surface area contributed by atoms with E-state index in [9.17, 15) is 24.6 Å². The van der Waals surface area contributed by atoms with Gasteiger partial charge in [0.1, 0.15) is 17.6 Å². The zero-order valence-electron chi connectivity index (χ0n) is 30.5. The quantitative estimate of drug-likeness (QED) is 0.0959. The molecule has 1 aromatic heterocycles. The van der Waals surface area contributed by atoms with E-state index in [0.717, 1.165) is 57.3 Å². The summed E-state index contributed by atoms with van der Waals surface area (Å²) in [7, 11) is 0. The Bertz CT molecular complexity index is 1990. The van der Waals surface area contributed by atoms with Crippen molar-refractivity contribution in [3.05, 3.63) is 105 Å². The molecule has 12 heteroatoms. The average molecular weight is 757 g/mol. The Morgan fingerprint density at radius 3 is 2.46 bits per heavy atom. The fourth-order valence-corrected chi connectivity index (χ4v) is 8.53. The molecule has 5 heterocycles. The minimum absolute atomic E-state index is 0.0389. The number of phenols is 1. The number of H-pyrrole nitrogens is 1. The SMILES string of the molecule is O=C(c1ccc(OCCCCCNC[C@H](O)c2ccc(O)c3[nH]c(=O)ccc23)c(Cl)c1)N1CCC(C(=O)O[C@H]2CN3CCC2CC3)(c2ccccc2)CC1. The summed E-state index contributed by atoms with van der Waals surface area (Å²) in [5.41, 5.74) is 1.26. The van der Waals surface area contributed by atoms with Gasteiger partial charge in [-0.3, -0.25) is 19.3 Å². The first-order chi connectivity index (χ1) is 26.2. The number of likely N-dealkylation sites (tertiary alicyclic amines) is 1. The highest BCUT2D eigenvalue weighted by molar-refractivity contribution is 6.32. The van der Waals surface area contributed by atoms with Crippen LogP contribution < -0.4 is 15.6 Å². The first-order valence-corrected chi connectivity index (χ1v) is 19.5. The van der Waals surface area contributed by atoms with E-state index in [1.54, 1.807) is 35.2 Å². The largest absolute Gasteiger partial charge is 0.506 e. The van der Waals surface area contributed by atoms with Crippen LogP contribution in [0.3, 0.4) is 0 Å². The van der Waals surface area contributed by atoms with Gasteiger partial charge >= 0.3 is 5.97 Å². The Balaban J connectivity index is 0.852. The number of unbranched alkanes of at least 4 members (excludes halogenated alkanes) is 2. The Morgan fingerprint density at radius 1 is 0.963 bits per heavy atom. The van der Waals surface area contributed by atoms with Crippen molar-refractivity contribution < 1.29 is 29.3 Å². The molecule has 2 atom stereocenters. The molecule has 3 aromatic carbocycles. The number of phenolic OH excluding ortho intramolecular Hbond substituents is 1. The number of pyridine rings is 1. The molecule has 4 aromatic rings. The van der Waals surface area contributed by atoms with E-state index in [1.807, 2.05) is 30.3 Å². The third-order valence-corrected chi connectivity index (χ3v) is 11.8. The van der Waals surface area contributed by atoms with Gasteiger partial charge in [-0.05, 0) is 112 Å². The van der Waals surface area contributed by atoms with Gasteiger partial charge in [0.05, 0.1) is 28.7 Å². The topological polar surface area (TPSA) is 144 Å². The van der Waals surface area contributed by atoms with Crippen molar-refractivity contribution in [2.75, 3.05) is 52.4 Å². The molecule has 4 aliphatic rings. The Hall–Kier alpha value is -4.42. The second-order valence-corrected chi connectivity index (χ2v) is 15.3. The number of aliphatic hydroxyl groups excluding tert-OH is 1. The van der Waals surface area contributed by atoms with Crippen LogP contribution in [-0.2, 0) is 14.9 Å². The number of carbonyl (C=O) groups is 2. The van der Waals surface area contributed by atoms with Crippen LogP contribution in [0, 0.1) is 5.92 Å². The van der Waals surface area contributed by atoms with Gasteiger partial charge < -0.3 is 34.9 Å². The van der Waals surface area contributed by atoms with Crippen LogP contribution in [-0.4, -0.2) is 95.4 Å². The van der Waals surface area contributed by atoms with Crippen molar-refractivity contribution in [1.82, 2.24) is 20.1 Å². The molecule has 0 spiro atoms. The van der Waals surface area contributed by atoms with E-state index in [4.69, 9.17) is 21.1 Å². The zero-order chi connectivity index (χ0) is 37.7. The maximum absolute atomic E-state index is 14.0. The van der Waals surface area contributed by atoms with Crippen LogP contribution in [0.5, 0.6) is 11.5 Å². The second kappa shape index (κ2) is 16.9. The molecular weight excluding hydrogens is 708 g/mol. The van der Waals surface area contributed by atoms with Crippen LogP contribution in [0.15, 0.2) is 77.6 Å². The summed E-state index contributed by atoms with van der Waals surface area (Å²) in [4.78, 5) is 46.1. The standard InChI is InChI=1S/C42H49ClN4O7/c43-33-25-29(9-13-36(33)53-24-6-2-5-19-44-26-35(49)31-10-12-34(48)39-32(31)11-14-38(50)45-39)40(51)47-22-17-42(18-23-47,30-7-3-1-4-8-30)41(52)54-37-27-46-20-15-28(37)16-21-46/h1,3-4,7-14,25,28,35,37,44,48-49H,2,5-6,15-24,26-27H2,(H,45,50)/t35-,37-/m0/s1. The summed E-state index contributed by atoms with van der Waals surface area (Å²) in [6, 6.07) is 21.1. The number of nitrogens with one attached hydrogen (secondary N) is 2. The molecule has 2 bridgehead atoms. The molecule has 0 saturated carbocycles. The van der Waals surface area contributed by atoms with Gasteiger partial charge in [-0.2, -0.15) is 0 Å². The Morgan fingerprint density at radius 2 is 1.74 bits per heavy atom. The minimum Gasteiger partial charge on any atom is -0.506 e. The van der Waals surface area contributed by atoms with Crippen molar-refractivity contribution in [1.29, 1.82) is 0 Å². The smallest absolute Gasteiger partial charge is 0.317 e. The number of fused-ring (bicyclic) bond motifs is 4. The van der Waals surface area contributed by atoms with Gasteiger partial charge in [-0.1, -0.05) is 48.0 Å². The molecule has 0 aliphatic carbocycles. The van der Waals surface area contributed by atoms with Gasteiger partial charge in [0, 0.05) is 43.2 Å². The maximum atomic E-state index is 14.0. The number of aromatic nitrogens is 1. The third kappa shape index (κ3) is 8.29. The molecule has 8 rings (SSSR count). The highest BCUT2D eigenvalue weighted by atomic mass is 35.5. The molecule has 4 aliphatic heterocycles. The molecule has 0 unspecified atom stereocenters. The summed E-state index contributed by atoms with van der Waals surface area (Å²) in [6.07, 6.45) is 4.83. The van der Waals surface area contributed by atoms with E-state index in [1.165, 1.54) is 12.1 Å². The molecule has 4 fully saturated rings. The van der Waals surface area contributed by atoms with Gasteiger partial charge in [0.25, 0.3) is 5.91 Å². The number of esters is 1. The fourth-order valence-electron chi connectivity index (χ4n) is 8.30. The highest BCUT2D eigenvalue weighted by Crippen LogP contribution is 2.40. The van der Waals surface area contributed by atoms with Crippen LogP contribution in [0.1, 0.15) is 72.5 Å². The minimum atomic E-state index is -0.805. The number of piperidine rings is 4. The Labute approximate surface area is 320 Å². The molecule has 0 radical (unpaired) electrons. The van der Waals surface area contributed by atoms with E-state index in [-0.39, 0.29) is 29.3 Å². The summed E-state index contributed by atoms with van der Waals surface area (Å²) < 4.78 is 12.2. The number of halogens is 1. The lowest BCUT2D eigenvalue weighted by Crippen LogP contribution is -2.55. The van der Waals surface area contributed by atoms with Crippen molar-refractivity contribution in [3.8, 4) is 11.5 Å². The first kappa shape index (κ1) is 37.9. The number of benzene rings is 3. The number of carbonyl (C=O) groups excluding carboxylic acids is 2. The summed E-state index contributed by atoms with van der Waals surface area (Å²) in [5.74, 6) is 0.620. The number of aromatic hydroxyl groups is 1. The lowest BCUT2D eigenvalue weighted by Gasteiger charge is -2.46. The number of aromatic amines is 1. The lowest BCUT2D eigenvalue weighted by molar-refractivity contribution is -0.167. The molecule has 4 saturated heterocycles. The summed E-state index contributed by atoms with van der Waals surface area (Å²) >= 11 is 6.59. The molecular formula is C42H49ClN4O7. The number of rotatable bonds is 14. The fraction of sp³-hybridized carbons (Fsp3) is 0.452. The van der Waals surface area contributed by atoms with E-state index in [0.29, 0.717) is 84.3 Å². The molecule has 4 N–H and O–H groups in total. The zero-order valence-corrected chi connectivity index (χ0v) is 31.2. The summed E-state index contributed by atoms with van der Waals surface area (Å²) in [5, 5.41) is 25.1. The molecule has 54 heavy (non-hydrogen) atoms. The number of hydrogen-bond donors (Lipinski definition) is 4. The van der Waals surface area contributed by atoms with Crippen molar-refractivity contribution in [2.24, 2.45) is 5.92 Å². The number of nitrogens with zero attached hydrogens (tertiary/aromatic N) is 2. The van der Waals surface area contributed by atoms with E-state index >= 15 is 0 Å². The first-order valence-electron chi connectivity index (χ1n) is 19.2. The van der Waals surface area contributed by atoms with Crippen LogP contribution >= 0.6 is 11.6 Å². The van der Waals surface area contributed by atoms with Gasteiger partial charge in [0.2, 0.25) is 5.56 Å². The monoisotopic (exact) mass is 756 g/mol. The van der Waals surface area contributed by atoms with Gasteiger partial charge in [0.15, 0.2) is 0 Å². The van der Waals surface area contributed by atoms with E-state index < -0.39 is 11.5 Å². The number of ether oxygens (including phenoxy) is 2. The predicted octanol–water partition coefficient (Wildman–Crippen LogP) is 5.57. The van der Waals surface area contributed by atoms with Crippen LogP contribution in [0.2, 0.25) is 5.02 Å². The van der Waals surface area contributed by atoms with Crippen molar-refractivity contribution >= 4 is 34.4 Å². The lowest BCUT2D eigenvalue weighted by atomic mass is 9.72. The predicted molar refractivity (Wildman–Crippen MR) is 207 cm³/mol. The molecule has 286 valence electrons. The second-order valence-electron chi connectivity index (χ2n) is 14.9. The highest BCUT2D eigenvalue weighted by Gasteiger charge is 2.47. The number of hydrogen-bond acceptors (Lipinski definition) is 9. The van der Waals surface area contributed by atoms with Crippen molar-refractivity contribution in [2.45, 2.75) is 62.6 Å². The van der Waals surface area contributed by atoms with Gasteiger partial charge in [-0.25, -0.2) is 0 Å². The van der Waals surface area contributed by atoms with Crippen LogP contribution in [0.25, 0.3) is 10.9 Å². The van der Waals surface area contributed by atoms with Gasteiger partial charge in [-0.15, -0.1) is 0 Å². The van der Waals surface area contributed by atoms with Crippen LogP contribution in [0.4, 0.5) is 0 Å². The summed E-state index contributed by atoms with van der Waals surface area (Å²) in [6.45, 7) is 5.34. The van der Waals surface area contributed by atoms with Crippen molar-refractivity contribution in [3.63, 3.8) is 0 Å².